The first-order chi connectivity index (χ1) is 31.3. The van der Waals surface area contributed by atoms with Crippen molar-refractivity contribution >= 4 is 65.7 Å². The molecule has 3 heterocycles. The van der Waals surface area contributed by atoms with Gasteiger partial charge >= 0.3 is 65.7 Å². The first-order valence-electron chi connectivity index (χ1n) is 20.3. The molecular formula is C40H54O27. The molecule has 67 heavy (non-hydrogen) atoms. The number of carbonyl (C=O) groups excluding carboxylic acids is 11. The summed E-state index contributed by atoms with van der Waals surface area (Å²) in [7, 11) is 0. The Hall–Kier alpha value is -6.03. The van der Waals surface area contributed by atoms with Gasteiger partial charge in [-0.05, 0) is 0 Å². The predicted molar refractivity (Wildman–Crippen MR) is 206 cm³/mol. The SMILES string of the molecule is CC(=O)OC[C@H]1O[C@@H](O[C@H]2[C@@H](OC(C)=O)[C@@H](COC(C)=O)O[C@@H](O[C@H]3[C@H](OC(C)=O)[C@@H](OC(C)=O)[C@H](OC(C)=O)O[C@@H]3COC(C)=O)[C@@H]2OC(C)=O)[C@H](OC(C)=O)[C@@H](OC(C)=O)[C@H]1OC(C)=O. The largest absolute Gasteiger partial charge is 0.463 e. The lowest BCUT2D eigenvalue weighted by Gasteiger charge is -2.50. The molecule has 27 heteroatoms. The molecule has 3 fully saturated rings. The van der Waals surface area contributed by atoms with Crippen LogP contribution in [0.25, 0.3) is 0 Å². The van der Waals surface area contributed by atoms with Gasteiger partial charge in [0.05, 0.1) is 0 Å². The number of ether oxygens (including phenoxy) is 16. The Kier molecular flexibility index (Phi) is 20.8. The van der Waals surface area contributed by atoms with Gasteiger partial charge in [0.1, 0.15) is 50.3 Å². The van der Waals surface area contributed by atoms with Crippen LogP contribution < -0.4 is 0 Å². The molecule has 3 aliphatic heterocycles. The van der Waals surface area contributed by atoms with Crippen molar-refractivity contribution in [3.8, 4) is 0 Å². The minimum atomic E-state index is -2.10. The van der Waals surface area contributed by atoms with Crippen molar-refractivity contribution in [2.75, 3.05) is 19.8 Å². The van der Waals surface area contributed by atoms with Crippen LogP contribution in [0.5, 0.6) is 0 Å². The Morgan fingerprint density at radius 2 is 0.507 bits per heavy atom. The van der Waals surface area contributed by atoms with Gasteiger partial charge in [0, 0.05) is 76.2 Å². The van der Waals surface area contributed by atoms with E-state index in [1.54, 1.807) is 0 Å². The highest BCUT2D eigenvalue weighted by molar-refractivity contribution is 5.70. The molecule has 0 aromatic rings. The van der Waals surface area contributed by atoms with Gasteiger partial charge in [-0.3, -0.25) is 52.7 Å². The molecule has 376 valence electrons. The van der Waals surface area contributed by atoms with E-state index in [4.69, 9.17) is 75.8 Å². The summed E-state index contributed by atoms with van der Waals surface area (Å²) >= 11 is 0. The topological polar surface area (TPSA) is 335 Å². The molecule has 3 saturated heterocycles. The van der Waals surface area contributed by atoms with Gasteiger partial charge in [-0.15, -0.1) is 0 Å². The molecular weight excluding hydrogens is 912 g/mol. The van der Waals surface area contributed by atoms with Crippen molar-refractivity contribution in [1.29, 1.82) is 0 Å². The Morgan fingerprint density at radius 3 is 0.851 bits per heavy atom. The number of hydrogen-bond donors (Lipinski definition) is 0. The smallest absolute Gasteiger partial charge is 0.305 e. The molecule has 0 bridgehead atoms. The summed E-state index contributed by atoms with van der Waals surface area (Å²) < 4.78 is 90.6. The lowest BCUT2D eigenvalue weighted by molar-refractivity contribution is -0.379. The quantitative estimate of drug-likeness (QED) is 0.114. The maximum atomic E-state index is 13.0. The fraction of sp³-hybridized carbons (Fsp3) is 0.725. The van der Waals surface area contributed by atoms with Crippen LogP contribution in [0.2, 0.25) is 0 Å². The third kappa shape index (κ3) is 17.0. The van der Waals surface area contributed by atoms with Crippen LogP contribution in [-0.4, -0.2) is 178 Å². The molecule has 15 atom stereocenters. The second-order valence-corrected chi connectivity index (χ2v) is 14.9. The monoisotopic (exact) mass is 966 g/mol. The van der Waals surface area contributed by atoms with Crippen LogP contribution in [0.15, 0.2) is 0 Å². The van der Waals surface area contributed by atoms with Crippen molar-refractivity contribution in [1.82, 2.24) is 0 Å². The first-order valence-corrected chi connectivity index (χ1v) is 20.3. The maximum Gasteiger partial charge on any atom is 0.305 e. The van der Waals surface area contributed by atoms with Gasteiger partial charge in [0.2, 0.25) is 12.4 Å². The molecule has 3 rings (SSSR count). The number of esters is 11. The molecule has 0 radical (unpaired) electrons. The predicted octanol–water partition coefficient (Wildman–Crippen LogP) is -1.29. The standard InChI is InChI=1S/C40H54O27/c1-15(41)52-12-26-29(55-18(4)44)32(57-20(6)46)36(60-23(9)49)40(65-26)67-34-30(56-19(5)45)27(13-53-16(2)42)64-39(37(34)61-24(10)50)66-31-28(14-54-17(3)43)63-38(62-25(11)51)35(59-22(8)48)33(31)58-21(7)47/h26-40H,12-14H2,1-11H3/t26-,27-,28-,29+,30+,31-,32+,33+,34+,35-,36-,37-,38-,39+,40+/m1/s1. The molecule has 0 aliphatic carbocycles. The highest BCUT2D eigenvalue weighted by Gasteiger charge is 2.60. The molecule has 0 N–H and O–H groups in total. The van der Waals surface area contributed by atoms with Crippen LogP contribution in [0.4, 0.5) is 0 Å². The first kappa shape index (κ1) is 55.3. The van der Waals surface area contributed by atoms with Crippen LogP contribution in [-0.2, 0) is 129 Å². The minimum Gasteiger partial charge on any atom is -0.463 e. The molecule has 0 saturated carbocycles. The fourth-order valence-electron chi connectivity index (χ4n) is 7.01. The summed E-state index contributed by atoms with van der Waals surface area (Å²) in [6.07, 6.45) is -27.7. The highest BCUT2D eigenvalue weighted by Crippen LogP contribution is 2.38. The molecule has 0 aromatic heterocycles. The zero-order valence-corrected chi connectivity index (χ0v) is 38.3. The summed E-state index contributed by atoms with van der Waals surface area (Å²) in [6, 6.07) is 0. The molecule has 27 nitrogen and oxygen atoms in total. The van der Waals surface area contributed by atoms with E-state index in [0.29, 0.717) is 0 Å². The Bertz CT molecular complexity index is 1850. The Morgan fingerprint density at radius 1 is 0.269 bits per heavy atom. The zero-order valence-electron chi connectivity index (χ0n) is 38.3. The highest BCUT2D eigenvalue weighted by atomic mass is 16.8. The van der Waals surface area contributed by atoms with Crippen molar-refractivity contribution in [3.05, 3.63) is 0 Å². The van der Waals surface area contributed by atoms with E-state index >= 15 is 0 Å². The number of carbonyl (C=O) groups is 11. The van der Waals surface area contributed by atoms with Crippen LogP contribution in [0.1, 0.15) is 76.2 Å². The summed E-state index contributed by atoms with van der Waals surface area (Å²) in [5.74, 6) is -10.7. The summed E-state index contributed by atoms with van der Waals surface area (Å²) in [5, 5.41) is 0. The van der Waals surface area contributed by atoms with Crippen molar-refractivity contribution in [2.24, 2.45) is 0 Å². The number of rotatable bonds is 18. The second kappa shape index (κ2) is 25.2. The second-order valence-electron chi connectivity index (χ2n) is 14.9. The molecule has 3 aliphatic rings. The van der Waals surface area contributed by atoms with Gasteiger partial charge in [0.15, 0.2) is 49.2 Å². The van der Waals surface area contributed by atoms with Gasteiger partial charge < -0.3 is 75.8 Å². The van der Waals surface area contributed by atoms with Gasteiger partial charge in [-0.25, -0.2) is 0 Å². The van der Waals surface area contributed by atoms with Crippen molar-refractivity contribution in [3.63, 3.8) is 0 Å². The van der Waals surface area contributed by atoms with Gasteiger partial charge in [-0.1, -0.05) is 0 Å². The third-order valence-electron chi connectivity index (χ3n) is 9.11. The minimum absolute atomic E-state index is 0.714. The van der Waals surface area contributed by atoms with E-state index in [9.17, 15) is 52.7 Å². The average Bonchev–Trinajstić information content (AvgIpc) is 3.17. The van der Waals surface area contributed by atoms with Crippen LogP contribution in [0, 0.1) is 0 Å². The maximum absolute atomic E-state index is 13.0. The van der Waals surface area contributed by atoms with Crippen LogP contribution >= 0.6 is 0 Å². The molecule has 0 aromatic carbocycles. The van der Waals surface area contributed by atoms with Crippen LogP contribution in [0.3, 0.4) is 0 Å². The lowest BCUT2D eigenvalue weighted by atomic mass is 9.95. The average molecular weight is 967 g/mol. The fourth-order valence-corrected chi connectivity index (χ4v) is 7.01. The lowest BCUT2D eigenvalue weighted by Crippen LogP contribution is -2.69. The summed E-state index contributed by atoms with van der Waals surface area (Å²) in [4.78, 5) is 137. The van der Waals surface area contributed by atoms with E-state index in [-0.39, 0.29) is 0 Å². The normalized spacial score (nSPS) is 31.2. The molecule has 0 unspecified atom stereocenters. The van der Waals surface area contributed by atoms with E-state index < -0.39 is 178 Å². The number of hydrogen-bond acceptors (Lipinski definition) is 27. The van der Waals surface area contributed by atoms with Crippen molar-refractivity contribution in [2.45, 2.75) is 168 Å². The van der Waals surface area contributed by atoms with E-state index in [0.717, 1.165) is 76.2 Å². The summed E-state index contributed by atoms with van der Waals surface area (Å²) in [6.45, 7) is 8.49. The van der Waals surface area contributed by atoms with Gasteiger partial charge in [0.25, 0.3) is 0 Å². The van der Waals surface area contributed by atoms with Gasteiger partial charge in [-0.2, -0.15) is 0 Å². The van der Waals surface area contributed by atoms with E-state index in [2.05, 4.69) is 0 Å². The molecule has 0 amide bonds. The van der Waals surface area contributed by atoms with Crippen molar-refractivity contribution < 1.29 is 129 Å². The van der Waals surface area contributed by atoms with E-state index in [1.165, 1.54) is 0 Å². The third-order valence-corrected chi connectivity index (χ3v) is 9.11. The zero-order chi connectivity index (χ0) is 50.4. The Balaban J connectivity index is 2.37. The molecule has 0 spiro atoms. The van der Waals surface area contributed by atoms with E-state index in [1.807, 2.05) is 0 Å². The Labute approximate surface area is 382 Å². The summed E-state index contributed by atoms with van der Waals surface area (Å²) in [5.41, 5.74) is 0.